The summed E-state index contributed by atoms with van der Waals surface area (Å²) in [5.41, 5.74) is 4.99. The molecule has 0 saturated carbocycles. The van der Waals surface area contributed by atoms with E-state index in [1.54, 1.807) is 23.0 Å². The largest absolute Gasteiger partial charge is 0.415 e. The zero-order chi connectivity index (χ0) is 26.5. The lowest BCUT2D eigenvalue weighted by atomic mass is 9.93. The Morgan fingerprint density at radius 1 is 0.923 bits per heavy atom. The average molecular weight is 538 g/mol. The summed E-state index contributed by atoms with van der Waals surface area (Å²) >= 11 is 0. The summed E-state index contributed by atoms with van der Waals surface area (Å²) in [6.45, 7) is 6.18. The molecule has 202 valence electrons. The molecule has 7 rings (SSSR count). The van der Waals surface area contributed by atoms with Crippen LogP contribution in [0.15, 0.2) is 47.0 Å². The fourth-order valence-corrected chi connectivity index (χ4v) is 5.43. The molecule has 0 bridgehead atoms. The number of aromatic nitrogens is 5. The van der Waals surface area contributed by atoms with Crippen LogP contribution in [0.2, 0.25) is 0 Å². The van der Waals surface area contributed by atoms with Crippen molar-refractivity contribution in [2.75, 3.05) is 32.8 Å². The predicted octanol–water partition coefficient (Wildman–Crippen LogP) is 3.56. The van der Waals surface area contributed by atoms with Crippen molar-refractivity contribution in [1.29, 1.82) is 0 Å². The van der Waals surface area contributed by atoms with Gasteiger partial charge in [-0.3, -0.25) is 9.80 Å². The highest BCUT2D eigenvalue weighted by atomic mass is 19.3. The van der Waals surface area contributed by atoms with Crippen LogP contribution in [0.3, 0.4) is 0 Å². The molecule has 0 spiro atoms. The summed E-state index contributed by atoms with van der Waals surface area (Å²) in [6.07, 6.45) is -0.0888. The van der Waals surface area contributed by atoms with Crippen LogP contribution in [-0.2, 0) is 24.2 Å². The summed E-state index contributed by atoms with van der Waals surface area (Å²) in [5, 5.41) is 15.3. The van der Waals surface area contributed by atoms with Crippen molar-refractivity contribution in [3.63, 3.8) is 0 Å². The Morgan fingerprint density at radius 3 is 2.51 bits per heavy atom. The highest BCUT2D eigenvalue weighted by molar-refractivity contribution is 5.60. The van der Waals surface area contributed by atoms with Crippen LogP contribution in [0.4, 0.5) is 13.2 Å². The van der Waals surface area contributed by atoms with Gasteiger partial charge in [0.1, 0.15) is 11.5 Å². The SMILES string of the molecule is Fc1cc(-c2nnc(C(F)F)o2)ccc1Cn1cc(-c2ccc3c(c2)CCN(C2CN(C4COC4)C2)C3)nn1. The summed E-state index contributed by atoms with van der Waals surface area (Å²) in [5.74, 6) is -1.49. The number of hydrogen-bond donors (Lipinski definition) is 0. The molecule has 0 amide bonds. The van der Waals surface area contributed by atoms with Gasteiger partial charge in [-0.05, 0) is 35.7 Å². The van der Waals surface area contributed by atoms with Crippen LogP contribution in [0, 0.1) is 5.82 Å². The van der Waals surface area contributed by atoms with Crippen LogP contribution in [0.5, 0.6) is 0 Å². The molecular formula is C27H26F3N7O2. The van der Waals surface area contributed by atoms with E-state index in [0.29, 0.717) is 17.6 Å². The standard InChI is InChI=1S/C27H26F3N7O2/c28-23-8-18(26-32-33-27(39-26)25(29)30)2-4-20(23)10-37-13-24(31-34-37)17-1-3-19-9-35(6-5-16(19)7-17)21-11-36(12-21)22-14-38-15-22/h1-4,7-8,13,21-22,25H,5-6,9-12,14-15H2. The van der Waals surface area contributed by atoms with Crippen LogP contribution < -0.4 is 0 Å². The smallest absolute Gasteiger partial charge is 0.314 e. The molecule has 4 aromatic rings. The molecule has 2 saturated heterocycles. The Bertz CT molecular complexity index is 1500. The Hall–Kier alpha value is -3.61. The first kappa shape index (κ1) is 24.4. The molecule has 2 aromatic heterocycles. The molecule has 0 N–H and O–H groups in total. The quantitative estimate of drug-likeness (QED) is 0.354. The van der Waals surface area contributed by atoms with Crippen molar-refractivity contribution in [3.05, 3.63) is 71.0 Å². The van der Waals surface area contributed by atoms with Gasteiger partial charge in [-0.25, -0.2) is 9.07 Å². The maximum Gasteiger partial charge on any atom is 0.314 e. The van der Waals surface area contributed by atoms with E-state index in [1.165, 1.54) is 17.2 Å². The number of alkyl halides is 2. The molecule has 0 unspecified atom stereocenters. The van der Waals surface area contributed by atoms with Gasteiger partial charge in [-0.1, -0.05) is 23.4 Å². The third-order valence-electron chi connectivity index (χ3n) is 7.89. The van der Waals surface area contributed by atoms with Gasteiger partial charge in [0, 0.05) is 48.9 Å². The van der Waals surface area contributed by atoms with E-state index in [9.17, 15) is 13.2 Å². The normalized spacial score (nSPS) is 18.8. The summed E-state index contributed by atoms with van der Waals surface area (Å²) in [4.78, 5) is 5.11. The second-order valence-corrected chi connectivity index (χ2v) is 10.4. The number of halogens is 3. The second-order valence-electron chi connectivity index (χ2n) is 10.4. The molecular weight excluding hydrogens is 511 g/mol. The molecule has 3 aliphatic heterocycles. The first-order valence-electron chi connectivity index (χ1n) is 13.0. The Kier molecular flexibility index (Phi) is 6.17. The van der Waals surface area contributed by atoms with Gasteiger partial charge in [-0.2, -0.15) is 8.78 Å². The molecule has 0 atom stereocenters. The molecule has 3 aliphatic rings. The van der Waals surface area contributed by atoms with Gasteiger partial charge in [0.05, 0.1) is 32.0 Å². The molecule has 12 heteroatoms. The summed E-state index contributed by atoms with van der Waals surface area (Å²) in [6, 6.07) is 12.0. The molecule has 39 heavy (non-hydrogen) atoms. The Balaban J connectivity index is 1.00. The first-order chi connectivity index (χ1) is 19.0. The fraction of sp³-hybridized carbons (Fsp3) is 0.407. The van der Waals surface area contributed by atoms with E-state index in [2.05, 4.69) is 48.5 Å². The minimum Gasteiger partial charge on any atom is -0.415 e. The first-order valence-corrected chi connectivity index (χ1v) is 13.0. The number of rotatable bonds is 7. The molecule has 5 heterocycles. The van der Waals surface area contributed by atoms with Crippen molar-refractivity contribution in [3.8, 4) is 22.7 Å². The van der Waals surface area contributed by atoms with Crippen molar-refractivity contribution >= 4 is 0 Å². The number of benzene rings is 2. The van der Waals surface area contributed by atoms with Gasteiger partial charge >= 0.3 is 6.43 Å². The van der Waals surface area contributed by atoms with Crippen LogP contribution in [0.1, 0.15) is 29.0 Å². The predicted molar refractivity (Wildman–Crippen MR) is 133 cm³/mol. The third-order valence-corrected chi connectivity index (χ3v) is 7.89. The maximum absolute atomic E-state index is 14.8. The van der Waals surface area contributed by atoms with Crippen molar-refractivity contribution in [2.45, 2.75) is 38.0 Å². The molecule has 0 aliphatic carbocycles. The van der Waals surface area contributed by atoms with Crippen molar-refractivity contribution < 1.29 is 22.3 Å². The van der Waals surface area contributed by atoms with E-state index in [0.717, 1.165) is 57.1 Å². The monoisotopic (exact) mass is 537 g/mol. The molecule has 2 aromatic carbocycles. The van der Waals surface area contributed by atoms with E-state index in [1.807, 2.05) is 0 Å². The molecule has 2 fully saturated rings. The highest BCUT2D eigenvalue weighted by Crippen LogP contribution is 2.30. The van der Waals surface area contributed by atoms with Crippen molar-refractivity contribution in [2.24, 2.45) is 0 Å². The lowest BCUT2D eigenvalue weighted by molar-refractivity contribution is -0.111. The summed E-state index contributed by atoms with van der Waals surface area (Å²) in [7, 11) is 0. The van der Waals surface area contributed by atoms with Gasteiger partial charge in [-0.15, -0.1) is 15.3 Å². The van der Waals surface area contributed by atoms with E-state index < -0.39 is 18.1 Å². The Morgan fingerprint density at radius 2 is 1.77 bits per heavy atom. The number of nitrogens with zero attached hydrogens (tertiary/aromatic N) is 7. The van der Waals surface area contributed by atoms with Crippen LogP contribution in [-0.4, -0.2) is 79.9 Å². The van der Waals surface area contributed by atoms with Gasteiger partial charge < -0.3 is 9.15 Å². The van der Waals surface area contributed by atoms with Crippen LogP contribution in [0.25, 0.3) is 22.7 Å². The van der Waals surface area contributed by atoms with Crippen LogP contribution >= 0.6 is 0 Å². The third kappa shape index (κ3) is 4.72. The lowest BCUT2D eigenvalue weighted by Crippen LogP contribution is -2.66. The minimum atomic E-state index is -2.88. The average Bonchev–Trinajstić information content (AvgIpc) is 3.56. The second kappa shape index (κ2) is 9.85. The molecule has 9 nitrogen and oxygen atoms in total. The number of ether oxygens (including phenoxy) is 1. The topological polar surface area (TPSA) is 85.3 Å². The van der Waals surface area contributed by atoms with E-state index in [4.69, 9.17) is 9.15 Å². The van der Waals surface area contributed by atoms with E-state index >= 15 is 0 Å². The highest BCUT2D eigenvalue weighted by Gasteiger charge is 2.39. The number of fused-ring (bicyclic) bond motifs is 1. The number of hydrogen-bond acceptors (Lipinski definition) is 8. The minimum absolute atomic E-state index is 0.159. The maximum atomic E-state index is 14.8. The fourth-order valence-electron chi connectivity index (χ4n) is 5.43. The zero-order valence-electron chi connectivity index (χ0n) is 21.0. The summed E-state index contributed by atoms with van der Waals surface area (Å²) < 4.78 is 52.0. The van der Waals surface area contributed by atoms with Crippen molar-refractivity contribution in [1.82, 2.24) is 35.0 Å². The van der Waals surface area contributed by atoms with E-state index in [-0.39, 0.29) is 18.0 Å². The lowest BCUT2D eigenvalue weighted by Gasteiger charge is -2.51. The van der Waals surface area contributed by atoms with Gasteiger partial charge in [0.15, 0.2) is 0 Å². The zero-order valence-corrected chi connectivity index (χ0v) is 21.0. The molecule has 0 radical (unpaired) electrons. The van der Waals surface area contributed by atoms with Gasteiger partial charge in [0.25, 0.3) is 5.89 Å². The number of likely N-dealkylation sites (tertiary alicyclic amines) is 1. The Labute approximate surface area is 222 Å². The van der Waals surface area contributed by atoms with Gasteiger partial charge in [0.2, 0.25) is 5.89 Å².